The first kappa shape index (κ1) is 26.1. The summed E-state index contributed by atoms with van der Waals surface area (Å²) in [6.45, 7) is 2.37. The molecule has 3 unspecified atom stereocenters. The van der Waals surface area contributed by atoms with Crippen molar-refractivity contribution in [3.63, 3.8) is 0 Å². The van der Waals surface area contributed by atoms with E-state index in [1.54, 1.807) is 10.7 Å². The quantitative estimate of drug-likeness (QED) is 0.527. The lowest BCUT2D eigenvalue weighted by molar-refractivity contribution is -0.134. The molecule has 3 heterocycles. The van der Waals surface area contributed by atoms with Gasteiger partial charge in [0.15, 0.2) is 9.84 Å². The summed E-state index contributed by atoms with van der Waals surface area (Å²) in [7, 11) is -3.00. The zero-order chi connectivity index (χ0) is 27.1. The van der Waals surface area contributed by atoms with E-state index in [0.717, 1.165) is 22.3 Å². The van der Waals surface area contributed by atoms with Gasteiger partial charge in [0.2, 0.25) is 11.8 Å². The third-order valence-corrected chi connectivity index (χ3v) is 9.11. The number of amides is 1. The van der Waals surface area contributed by atoms with Crippen molar-refractivity contribution >= 4 is 26.9 Å². The molecule has 1 N–H and O–H groups in total. The fraction of sp³-hybridized carbons (Fsp3) is 0.444. The highest BCUT2D eigenvalue weighted by Crippen LogP contribution is 2.47. The van der Waals surface area contributed by atoms with Gasteiger partial charge in [-0.3, -0.25) is 4.79 Å². The number of alkyl halides is 2. The molecule has 1 saturated carbocycles. The van der Waals surface area contributed by atoms with E-state index in [-0.39, 0.29) is 24.3 Å². The normalized spacial score (nSPS) is 23.5. The lowest BCUT2D eigenvalue weighted by Crippen LogP contribution is -2.44. The number of nitrogens with one attached hydrogen (secondary N) is 1. The Kier molecular flexibility index (Phi) is 6.86. The van der Waals surface area contributed by atoms with Crippen molar-refractivity contribution in [1.82, 2.24) is 14.9 Å². The maximum absolute atomic E-state index is 14.5. The van der Waals surface area contributed by atoms with Crippen molar-refractivity contribution in [3.8, 4) is 17.2 Å². The molecule has 8 nitrogen and oxygen atoms in total. The molecule has 0 bridgehead atoms. The number of anilines is 1. The fourth-order valence-electron chi connectivity index (χ4n) is 5.47. The molecule has 200 valence electrons. The summed E-state index contributed by atoms with van der Waals surface area (Å²) in [5.41, 5.74) is 3.88. The molecule has 38 heavy (non-hydrogen) atoms. The molecule has 11 heteroatoms. The monoisotopic (exact) mass is 541 g/mol. The van der Waals surface area contributed by atoms with Gasteiger partial charge in [-0.05, 0) is 43.2 Å². The molecule has 1 aliphatic carbocycles. The number of rotatable bonds is 5. The number of nitriles is 1. The molecule has 0 radical (unpaired) electrons. The molecule has 3 aromatic rings. The van der Waals surface area contributed by atoms with Gasteiger partial charge >= 0.3 is 0 Å². The Hall–Kier alpha value is -3.52. The molecule has 1 saturated heterocycles. The van der Waals surface area contributed by atoms with E-state index in [9.17, 15) is 22.0 Å². The van der Waals surface area contributed by atoms with Crippen molar-refractivity contribution in [2.24, 2.45) is 5.92 Å². The van der Waals surface area contributed by atoms with Gasteiger partial charge in [0.05, 0.1) is 34.7 Å². The Bertz CT molecular complexity index is 1480. The minimum Gasteiger partial charge on any atom is -0.369 e. The summed E-state index contributed by atoms with van der Waals surface area (Å²) in [6, 6.07) is 14.4. The minimum atomic E-state index is -3.00. The summed E-state index contributed by atoms with van der Waals surface area (Å²) in [4.78, 5) is 15.1. The molecule has 3 atom stereocenters. The molecular formula is C27H29F2N5O3S. The number of carbonyl (C=O) groups is 1. The van der Waals surface area contributed by atoms with Crippen LogP contribution in [-0.2, 0) is 14.6 Å². The second-order valence-corrected chi connectivity index (χ2v) is 12.5. The molecule has 1 amide bonds. The highest BCUT2D eigenvalue weighted by atomic mass is 32.2. The Morgan fingerprint density at radius 3 is 2.58 bits per heavy atom. The van der Waals surface area contributed by atoms with Crippen LogP contribution in [0.3, 0.4) is 0 Å². The number of pyridine rings is 1. The van der Waals surface area contributed by atoms with Crippen LogP contribution < -0.4 is 10.2 Å². The molecular weight excluding hydrogens is 512 g/mol. The number of hydrogen-bond donors (Lipinski definition) is 1. The first-order valence-corrected chi connectivity index (χ1v) is 14.5. The van der Waals surface area contributed by atoms with Crippen molar-refractivity contribution < 1.29 is 22.0 Å². The second-order valence-electron chi connectivity index (χ2n) is 10.1. The topological polar surface area (TPSA) is 108 Å². The van der Waals surface area contributed by atoms with Crippen LogP contribution >= 0.6 is 0 Å². The van der Waals surface area contributed by atoms with E-state index in [4.69, 9.17) is 10.4 Å². The average Bonchev–Trinajstić information content (AvgIpc) is 3.27. The van der Waals surface area contributed by atoms with Crippen molar-refractivity contribution in [3.05, 3.63) is 54.4 Å². The lowest BCUT2D eigenvalue weighted by Gasteiger charge is -2.35. The van der Waals surface area contributed by atoms with E-state index in [1.807, 2.05) is 53.4 Å². The van der Waals surface area contributed by atoms with E-state index >= 15 is 0 Å². The standard InChI is InChI=1S/C27H29F2N5O3S/c1-18(17-30)31-26(35)22-16-27(28,29)10-9-21(22)25-24(23-4-2-3-11-34(23)32-25)19-5-7-20(8-6-19)33-12-14-38(36,37)15-13-33/h2-8,11,18,21-22H,9-10,12-16H2,1H3,(H,31,35). The van der Waals surface area contributed by atoms with Gasteiger partial charge in [0.25, 0.3) is 0 Å². The van der Waals surface area contributed by atoms with Crippen molar-refractivity contribution in [2.45, 2.75) is 44.1 Å². The van der Waals surface area contributed by atoms with Crippen LogP contribution in [0.1, 0.15) is 37.8 Å². The second kappa shape index (κ2) is 9.98. The fourth-order valence-corrected chi connectivity index (χ4v) is 6.67. The van der Waals surface area contributed by atoms with Gasteiger partial charge in [-0.25, -0.2) is 21.7 Å². The van der Waals surface area contributed by atoms with Crippen LogP contribution in [-0.4, -0.2) is 60.5 Å². The average molecular weight is 542 g/mol. The molecule has 2 fully saturated rings. The third-order valence-electron chi connectivity index (χ3n) is 7.50. The highest BCUT2D eigenvalue weighted by Gasteiger charge is 2.47. The smallest absolute Gasteiger partial charge is 0.249 e. The Balaban J connectivity index is 1.53. The summed E-state index contributed by atoms with van der Waals surface area (Å²) in [6.07, 6.45) is 0.920. The number of fused-ring (bicyclic) bond motifs is 1. The van der Waals surface area contributed by atoms with E-state index in [0.29, 0.717) is 18.8 Å². The van der Waals surface area contributed by atoms with Gasteiger partial charge in [-0.2, -0.15) is 10.4 Å². The predicted octanol–water partition coefficient (Wildman–Crippen LogP) is 3.78. The molecule has 5 rings (SSSR count). The summed E-state index contributed by atoms with van der Waals surface area (Å²) in [5.74, 6) is -4.89. The first-order chi connectivity index (χ1) is 18.1. The number of hydrogen-bond acceptors (Lipinski definition) is 6. The van der Waals surface area contributed by atoms with Gasteiger partial charge in [-0.15, -0.1) is 0 Å². The summed E-state index contributed by atoms with van der Waals surface area (Å²) >= 11 is 0. The summed E-state index contributed by atoms with van der Waals surface area (Å²) < 4.78 is 54.3. The molecule has 2 aromatic heterocycles. The molecule has 1 aliphatic heterocycles. The maximum atomic E-state index is 14.5. The zero-order valence-electron chi connectivity index (χ0n) is 21.0. The lowest BCUT2D eigenvalue weighted by atomic mass is 9.73. The number of halogens is 2. The van der Waals surface area contributed by atoms with E-state index in [2.05, 4.69) is 5.32 Å². The number of carbonyl (C=O) groups excluding carboxylic acids is 1. The molecule has 2 aliphatic rings. The Morgan fingerprint density at radius 1 is 1.18 bits per heavy atom. The van der Waals surface area contributed by atoms with Crippen LogP contribution in [0.2, 0.25) is 0 Å². The SMILES string of the molecule is CC(C#N)NC(=O)C1CC(F)(F)CCC1c1nn2ccccc2c1-c1ccc(N2CCS(=O)(=O)CC2)cc1. The first-order valence-electron chi connectivity index (χ1n) is 12.7. The number of aromatic nitrogens is 2. The minimum absolute atomic E-state index is 0.0865. The molecule has 0 spiro atoms. The number of benzene rings is 1. The number of nitrogens with zero attached hydrogens (tertiary/aromatic N) is 4. The van der Waals surface area contributed by atoms with Crippen molar-refractivity contribution in [1.29, 1.82) is 5.26 Å². The van der Waals surface area contributed by atoms with Crippen LogP contribution in [0.15, 0.2) is 48.7 Å². The van der Waals surface area contributed by atoms with Crippen LogP contribution in [0.4, 0.5) is 14.5 Å². The van der Waals surface area contributed by atoms with Crippen LogP contribution in [0.25, 0.3) is 16.6 Å². The zero-order valence-corrected chi connectivity index (χ0v) is 21.8. The third kappa shape index (κ3) is 5.23. The highest BCUT2D eigenvalue weighted by molar-refractivity contribution is 7.91. The van der Waals surface area contributed by atoms with Gasteiger partial charge < -0.3 is 10.2 Å². The Labute approximate surface area is 220 Å². The van der Waals surface area contributed by atoms with Crippen molar-refractivity contribution in [2.75, 3.05) is 29.5 Å². The van der Waals surface area contributed by atoms with E-state index in [1.165, 1.54) is 6.92 Å². The summed E-state index contributed by atoms with van der Waals surface area (Å²) in [5, 5.41) is 16.5. The largest absolute Gasteiger partial charge is 0.369 e. The number of sulfone groups is 1. The Morgan fingerprint density at radius 2 is 1.89 bits per heavy atom. The van der Waals surface area contributed by atoms with E-state index < -0.39 is 46.0 Å². The van der Waals surface area contributed by atoms with Gasteiger partial charge in [0, 0.05) is 49.3 Å². The van der Waals surface area contributed by atoms with Crippen LogP contribution in [0, 0.1) is 17.2 Å². The molecule has 1 aromatic carbocycles. The predicted molar refractivity (Wildman–Crippen MR) is 140 cm³/mol. The van der Waals surface area contributed by atoms with Gasteiger partial charge in [-0.1, -0.05) is 18.2 Å². The van der Waals surface area contributed by atoms with Gasteiger partial charge in [0.1, 0.15) is 6.04 Å². The maximum Gasteiger partial charge on any atom is 0.249 e. The van der Waals surface area contributed by atoms with Crippen LogP contribution in [0.5, 0.6) is 0 Å².